The van der Waals surface area contributed by atoms with Crippen LogP contribution in [0.1, 0.15) is 23.6 Å². The fourth-order valence-corrected chi connectivity index (χ4v) is 2.41. The highest BCUT2D eigenvalue weighted by atomic mass is 16.5. The molecule has 1 unspecified atom stereocenters. The van der Waals surface area contributed by atoms with Gasteiger partial charge in [0, 0.05) is 19.1 Å². The van der Waals surface area contributed by atoms with Crippen molar-refractivity contribution in [2.75, 3.05) is 27.2 Å². The Hall–Kier alpha value is -1.06. The minimum absolute atomic E-state index is 0.231. The van der Waals surface area contributed by atoms with Crippen LogP contribution in [-0.4, -0.2) is 38.2 Å². The van der Waals surface area contributed by atoms with E-state index in [1.807, 2.05) is 6.92 Å². The number of likely N-dealkylation sites (N-methyl/N-ethyl adjacent to an activating group) is 1. The van der Waals surface area contributed by atoms with E-state index < -0.39 is 0 Å². The zero-order valence-electron chi connectivity index (χ0n) is 12.3. The third-order valence-corrected chi connectivity index (χ3v) is 3.11. The van der Waals surface area contributed by atoms with E-state index in [0.29, 0.717) is 0 Å². The van der Waals surface area contributed by atoms with Gasteiger partial charge < -0.3 is 15.4 Å². The Morgan fingerprint density at radius 1 is 1.28 bits per heavy atom. The summed E-state index contributed by atoms with van der Waals surface area (Å²) in [5.41, 5.74) is 9.57. The van der Waals surface area contributed by atoms with Crippen molar-refractivity contribution in [3.8, 4) is 5.75 Å². The van der Waals surface area contributed by atoms with Crippen LogP contribution in [0.5, 0.6) is 5.75 Å². The van der Waals surface area contributed by atoms with Crippen molar-refractivity contribution in [2.24, 2.45) is 5.73 Å². The van der Waals surface area contributed by atoms with E-state index in [2.05, 4.69) is 37.9 Å². The lowest BCUT2D eigenvalue weighted by atomic mass is 10.0. The second kappa shape index (κ2) is 6.76. The van der Waals surface area contributed by atoms with Crippen molar-refractivity contribution in [1.82, 2.24) is 4.90 Å². The topological polar surface area (TPSA) is 38.5 Å². The standard InChI is InChI=1S/C15H26N2O/c1-11-8-14(9-12(2)15(11)18-5)6-7-17(4)10-13(3)16/h8-9,13H,6-7,10,16H2,1-5H3. The van der Waals surface area contributed by atoms with E-state index in [1.54, 1.807) is 7.11 Å². The molecule has 3 heteroatoms. The number of benzene rings is 1. The number of ether oxygens (including phenoxy) is 1. The Bertz CT molecular complexity index is 365. The van der Waals surface area contributed by atoms with Crippen LogP contribution >= 0.6 is 0 Å². The molecule has 0 radical (unpaired) electrons. The lowest BCUT2D eigenvalue weighted by molar-refractivity contribution is 0.321. The predicted molar refractivity (Wildman–Crippen MR) is 77.3 cm³/mol. The molecule has 1 rings (SSSR count). The molecule has 102 valence electrons. The van der Waals surface area contributed by atoms with Crippen molar-refractivity contribution in [1.29, 1.82) is 0 Å². The van der Waals surface area contributed by atoms with E-state index >= 15 is 0 Å². The number of methoxy groups -OCH3 is 1. The van der Waals surface area contributed by atoms with Crippen molar-refractivity contribution < 1.29 is 4.74 Å². The Balaban J connectivity index is 2.63. The van der Waals surface area contributed by atoms with Crippen LogP contribution in [0.2, 0.25) is 0 Å². The van der Waals surface area contributed by atoms with Gasteiger partial charge in [0.25, 0.3) is 0 Å². The SMILES string of the molecule is COc1c(C)cc(CCN(C)CC(C)N)cc1C. The van der Waals surface area contributed by atoms with Crippen molar-refractivity contribution >= 4 is 0 Å². The van der Waals surface area contributed by atoms with Gasteiger partial charge in [-0.25, -0.2) is 0 Å². The zero-order chi connectivity index (χ0) is 13.7. The molecule has 1 aromatic rings. The first-order valence-electron chi connectivity index (χ1n) is 6.52. The van der Waals surface area contributed by atoms with Gasteiger partial charge in [-0.05, 0) is 50.9 Å². The van der Waals surface area contributed by atoms with Crippen LogP contribution in [0, 0.1) is 13.8 Å². The van der Waals surface area contributed by atoms with E-state index in [9.17, 15) is 0 Å². The fourth-order valence-electron chi connectivity index (χ4n) is 2.41. The minimum Gasteiger partial charge on any atom is -0.496 e. The summed E-state index contributed by atoms with van der Waals surface area (Å²) in [7, 11) is 3.85. The summed E-state index contributed by atoms with van der Waals surface area (Å²) in [6, 6.07) is 4.66. The minimum atomic E-state index is 0.231. The highest BCUT2D eigenvalue weighted by Crippen LogP contribution is 2.24. The second-order valence-corrected chi connectivity index (χ2v) is 5.25. The summed E-state index contributed by atoms with van der Waals surface area (Å²) in [4.78, 5) is 2.28. The summed E-state index contributed by atoms with van der Waals surface area (Å²) >= 11 is 0. The molecule has 0 amide bonds. The number of nitrogens with two attached hydrogens (primary N) is 1. The van der Waals surface area contributed by atoms with Gasteiger partial charge in [-0.3, -0.25) is 0 Å². The molecule has 2 N–H and O–H groups in total. The molecule has 0 spiro atoms. The van der Waals surface area contributed by atoms with Gasteiger partial charge in [-0.15, -0.1) is 0 Å². The average Bonchev–Trinajstić information content (AvgIpc) is 2.25. The van der Waals surface area contributed by atoms with Crippen molar-refractivity contribution in [3.63, 3.8) is 0 Å². The first kappa shape index (κ1) is 15.0. The summed E-state index contributed by atoms with van der Waals surface area (Å²) in [6.45, 7) is 8.21. The van der Waals surface area contributed by atoms with Gasteiger partial charge in [0.2, 0.25) is 0 Å². The van der Waals surface area contributed by atoms with Gasteiger partial charge in [0.05, 0.1) is 7.11 Å². The van der Waals surface area contributed by atoms with Crippen LogP contribution in [0.15, 0.2) is 12.1 Å². The first-order chi connectivity index (χ1) is 8.43. The lowest BCUT2D eigenvalue weighted by Crippen LogP contribution is -2.34. The molecule has 0 aliphatic carbocycles. The zero-order valence-corrected chi connectivity index (χ0v) is 12.3. The van der Waals surface area contributed by atoms with Crippen LogP contribution in [0.4, 0.5) is 0 Å². The molecule has 0 heterocycles. The molecule has 0 fully saturated rings. The van der Waals surface area contributed by atoms with Crippen LogP contribution in [0.25, 0.3) is 0 Å². The highest BCUT2D eigenvalue weighted by Gasteiger charge is 2.07. The third-order valence-electron chi connectivity index (χ3n) is 3.11. The largest absolute Gasteiger partial charge is 0.496 e. The third kappa shape index (κ3) is 4.31. The highest BCUT2D eigenvalue weighted by molar-refractivity contribution is 5.43. The van der Waals surface area contributed by atoms with Crippen LogP contribution in [-0.2, 0) is 6.42 Å². The first-order valence-corrected chi connectivity index (χ1v) is 6.52. The summed E-state index contributed by atoms with van der Waals surface area (Å²) in [5, 5.41) is 0. The molecule has 1 atom stereocenters. The number of hydrogen-bond acceptors (Lipinski definition) is 3. The van der Waals surface area contributed by atoms with Crippen LogP contribution in [0.3, 0.4) is 0 Å². The summed E-state index contributed by atoms with van der Waals surface area (Å²) in [5.74, 6) is 1.00. The van der Waals surface area contributed by atoms with E-state index in [-0.39, 0.29) is 6.04 Å². The fraction of sp³-hybridized carbons (Fsp3) is 0.600. The normalized spacial score (nSPS) is 12.8. The smallest absolute Gasteiger partial charge is 0.124 e. The quantitative estimate of drug-likeness (QED) is 0.840. The van der Waals surface area contributed by atoms with E-state index in [1.165, 1.54) is 16.7 Å². The second-order valence-electron chi connectivity index (χ2n) is 5.25. The molecule has 18 heavy (non-hydrogen) atoms. The number of hydrogen-bond donors (Lipinski definition) is 1. The maximum absolute atomic E-state index is 5.79. The average molecular weight is 250 g/mol. The Labute approximate surface area is 111 Å². The van der Waals surface area contributed by atoms with Gasteiger partial charge in [0.1, 0.15) is 5.75 Å². The molecule has 0 aliphatic rings. The van der Waals surface area contributed by atoms with Crippen molar-refractivity contribution in [2.45, 2.75) is 33.2 Å². The van der Waals surface area contributed by atoms with Gasteiger partial charge >= 0.3 is 0 Å². The van der Waals surface area contributed by atoms with Gasteiger partial charge in [-0.1, -0.05) is 12.1 Å². The molecule has 0 saturated carbocycles. The molecular formula is C15H26N2O. The number of nitrogens with zero attached hydrogens (tertiary/aromatic N) is 1. The molecule has 0 bridgehead atoms. The monoisotopic (exact) mass is 250 g/mol. The number of aryl methyl sites for hydroxylation is 2. The van der Waals surface area contributed by atoms with Gasteiger partial charge in [0.15, 0.2) is 0 Å². The van der Waals surface area contributed by atoms with E-state index in [4.69, 9.17) is 10.5 Å². The summed E-state index contributed by atoms with van der Waals surface area (Å²) < 4.78 is 5.38. The summed E-state index contributed by atoms with van der Waals surface area (Å²) in [6.07, 6.45) is 1.05. The lowest BCUT2D eigenvalue weighted by Gasteiger charge is -2.19. The van der Waals surface area contributed by atoms with Gasteiger partial charge in [-0.2, -0.15) is 0 Å². The Kier molecular flexibility index (Phi) is 5.63. The molecule has 3 nitrogen and oxygen atoms in total. The molecular weight excluding hydrogens is 224 g/mol. The maximum Gasteiger partial charge on any atom is 0.124 e. The Morgan fingerprint density at radius 3 is 2.28 bits per heavy atom. The predicted octanol–water partition coefficient (Wildman–Crippen LogP) is 2.13. The molecule has 0 aromatic heterocycles. The Morgan fingerprint density at radius 2 is 1.83 bits per heavy atom. The van der Waals surface area contributed by atoms with Crippen LogP contribution < -0.4 is 10.5 Å². The van der Waals surface area contributed by atoms with E-state index in [0.717, 1.165) is 25.3 Å². The maximum atomic E-state index is 5.79. The molecule has 0 aliphatic heterocycles. The molecule has 1 aromatic carbocycles. The van der Waals surface area contributed by atoms with Crippen molar-refractivity contribution in [3.05, 3.63) is 28.8 Å². The molecule has 0 saturated heterocycles. The number of rotatable bonds is 6.